The van der Waals surface area contributed by atoms with Crippen LogP contribution in [-0.2, 0) is 9.53 Å². The summed E-state index contributed by atoms with van der Waals surface area (Å²) in [6, 6.07) is 5.83. The maximum atomic E-state index is 13.1. The largest absolute Gasteiger partial charge is 0.462 e. The smallest absolute Gasteiger partial charge is 0.348 e. The van der Waals surface area contributed by atoms with E-state index in [1.54, 1.807) is 19.1 Å². The van der Waals surface area contributed by atoms with Crippen LogP contribution in [0.3, 0.4) is 0 Å². The summed E-state index contributed by atoms with van der Waals surface area (Å²) in [5.41, 5.74) is 0.255. The lowest BCUT2D eigenvalue weighted by Crippen LogP contribution is -2.06. The van der Waals surface area contributed by atoms with Gasteiger partial charge in [-0.25, -0.2) is 9.18 Å². The van der Waals surface area contributed by atoms with Crippen molar-refractivity contribution in [2.45, 2.75) is 6.92 Å². The van der Waals surface area contributed by atoms with Gasteiger partial charge in [-0.2, -0.15) is 5.26 Å². The van der Waals surface area contributed by atoms with E-state index >= 15 is 0 Å². The van der Waals surface area contributed by atoms with Gasteiger partial charge in [-0.1, -0.05) is 15.9 Å². The van der Waals surface area contributed by atoms with Crippen LogP contribution in [0, 0.1) is 17.1 Å². The Balaban J connectivity index is 3.07. The monoisotopic (exact) mass is 297 g/mol. The van der Waals surface area contributed by atoms with Crippen molar-refractivity contribution in [2.75, 3.05) is 6.61 Å². The van der Waals surface area contributed by atoms with E-state index in [1.807, 2.05) is 0 Å². The minimum atomic E-state index is -0.713. The highest BCUT2D eigenvalue weighted by Crippen LogP contribution is 2.17. The van der Waals surface area contributed by atoms with Crippen LogP contribution in [0.25, 0.3) is 6.08 Å². The van der Waals surface area contributed by atoms with Gasteiger partial charge < -0.3 is 4.74 Å². The minimum Gasteiger partial charge on any atom is -0.462 e. The first-order valence-electron chi connectivity index (χ1n) is 4.82. The molecule has 0 N–H and O–H groups in total. The van der Waals surface area contributed by atoms with Crippen molar-refractivity contribution < 1.29 is 13.9 Å². The van der Waals surface area contributed by atoms with Gasteiger partial charge in [0.25, 0.3) is 0 Å². The van der Waals surface area contributed by atoms with Crippen molar-refractivity contribution >= 4 is 28.0 Å². The van der Waals surface area contributed by atoms with Crippen LogP contribution in [0.4, 0.5) is 4.39 Å². The first-order valence-corrected chi connectivity index (χ1v) is 5.61. The third kappa shape index (κ3) is 4.00. The number of ether oxygens (including phenoxy) is 1. The summed E-state index contributed by atoms with van der Waals surface area (Å²) >= 11 is 3.12. The molecule has 5 heteroatoms. The van der Waals surface area contributed by atoms with Gasteiger partial charge in [0.05, 0.1) is 6.61 Å². The molecule has 0 amide bonds. The summed E-state index contributed by atoms with van der Waals surface area (Å²) in [6.07, 6.45) is 1.28. The molecule has 1 aromatic carbocycles. The zero-order valence-corrected chi connectivity index (χ0v) is 10.6. The van der Waals surface area contributed by atoms with Crippen molar-refractivity contribution in [1.29, 1.82) is 5.26 Å². The SMILES string of the molecule is CCOC(=O)/C(C#N)=C\c1cc(F)cc(Br)c1. The predicted molar refractivity (Wildman–Crippen MR) is 64.3 cm³/mol. The molecule has 0 radical (unpaired) electrons. The van der Waals surface area contributed by atoms with E-state index in [4.69, 9.17) is 10.00 Å². The summed E-state index contributed by atoms with van der Waals surface area (Å²) < 4.78 is 18.3. The molecule has 0 aliphatic rings. The molecule has 0 unspecified atom stereocenters. The number of nitriles is 1. The maximum absolute atomic E-state index is 13.1. The van der Waals surface area contributed by atoms with Crippen molar-refractivity contribution in [3.05, 3.63) is 39.6 Å². The average Bonchev–Trinajstić information content (AvgIpc) is 2.24. The van der Waals surface area contributed by atoms with E-state index in [9.17, 15) is 9.18 Å². The Morgan fingerprint density at radius 3 is 2.82 bits per heavy atom. The summed E-state index contributed by atoms with van der Waals surface area (Å²) in [5.74, 6) is -1.16. The third-order valence-electron chi connectivity index (χ3n) is 1.81. The van der Waals surface area contributed by atoms with Gasteiger partial charge in [0.15, 0.2) is 0 Å². The van der Waals surface area contributed by atoms with Gasteiger partial charge >= 0.3 is 5.97 Å². The summed E-state index contributed by atoms with van der Waals surface area (Å²) in [7, 11) is 0. The van der Waals surface area contributed by atoms with E-state index in [0.717, 1.165) is 0 Å². The van der Waals surface area contributed by atoms with Crippen LogP contribution in [0.2, 0.25) is 0 Å². The van der Waals surface area contributed by atoms with Crippen molar-refractivity contribution in [1.82, 2.24) is 0 Å². The van der Waals surface area contributed by atoms with Gasteiger partial charge in [0.2, 0.25) is 0 Å². The molecule has 0 heterocycles. The number of hydrogen-bond donors (Lipinski definition) is 0. The molecule has 88 valence electrons. The predicted octanol–water partition coefficient (Wildman–Crippen LogP) is 3.06. The fourth-order valence-electron chi connectivity index (χ4n) is 1.17. The molecule has 17 heavy (non-hydrogen) atoms. The molecule has 3 nitrogen and oxygen atoms in total. The number of carbonyl (C=O) groups excluding carboxylic acids is 1. The summed E-state index contributed by atoms with van der Waals surface area (Å²) in [6.45, 7) is 1.83. The molecule has 0 bridgehead atoms. The highest BCUT2D eigenvalue weighted by molar-refractivity contribution is 9.10. The summed E-state index contributed by atoms with van der Waals surface area (Å²) in [5, 5.41) is 8.80. The Hall–Kier alpha value is -1.67. The molecule has 0 aliphatic heterocycles. The van der Waals surface area contributed by atoms with Gasteiger partial charge in [0, 0.05) is 4.47 Å². The number of nitrogens with zero attached hydrogens (tertiary/aromatic N) is 1. The molecule has 0 aromatic heterocycles. The quantitative estimate of drug-likeness (QED) is 0.489. The number of rotatable bonds is 3. The minimum absolute atomic E-state index is 0.163. The molecule has 0 saturated carbocycles. The highest BCUT2D eigenvalue weighted by atomic mass is 79.9. The van der Waals surface area contributed by atoms with E-state index in [2.05, 4.69) is 15.9 Å². The molecule has 0 saturated heterocycles. The number of benzene rings is 1. The molecule has 1 aromatic rings. The van der Waals surface area contributed by atoms with Crippen LogP contribution in [0.15, 0.2) is 28.2 Å². The van der Waals surface area contributed by atoms with Gasteiger partial charge in [-0.3, -0.25) is 0 Å². The molecule has 1 rings (SSSR count). The Morgan fingerprint density at radius 2 is 2.29 bits per heavy atom. The Labute approximate surface area is 107 Å². The van der Waals surface area contributed by atoms with E-state index < -0.39 is 11.8 Å². The van der Waals surface area contributed by atoms with E-state index in [1.165, 1.54) is 18.2 Å². The highest BCUT2D eigenvalue weighted by Gasteiger charge is 2.10. The maximum Gasteiger partial charge on any atom is 0.348 e. The molecular formula is C12H9BrFNO2. The van der Waals surface area contributed by atoms with E-state index in [0.29, 0.717) is 10.0 Å². The first kappa shape index (κ1) is 13.4. The summed E-state index contributed by atoms with van der Waals surface area (Å²) in [4.78, 5) is 11.3. The molecular weight excluding hydrogens is 289 g/mol. The van der Waals surface area contributed by atoms with Crippen molar-refractivity contribution in [2.24, 2.45) is 0 Å². The first-order chi connectivity index (χ1) is 8.06. The Bertz CT molecular complexity index is 485. The average molecular weight is 298 g/mol. The van der Waals surface area contributed by atoms with Crippen LogP contribution >= 0.6 is 15.9 Å². The Kier molecular flexibility index (Phi) is 4.85. The standard InChI is InChI=1S/C12H9BrFNO2/c1-2-17-12(16)9(7-15)3-8-4-10(13)6-11(14)5-8/h3-6H,2H2,1H3/b9-3-. The van der Waals surface area contributed by atoms with E-state index in [-0.39, 0.29) is 12.2 Å². The number of halogens is 2. The van der Waals surface area contributed by atoms with Gasteiger partial charge in [0.1, 0.15) is 17.5 Å². The zero-order valence-electron chi connectivity index (χ0n) is 9.04. The molecule has 0 atom stereocenters. The molecule has 0 aliphatic carbocycles. The second-order valence-corrected chi connectivity index (χ2v) is 4.01. The van der Waals surface area contributed by atoms with Crippen molar-refractivity contribution in [3.8, 4) is 6.07 Å². The van der Waals surface area contributed by atoms with Crippen molar-refractivity contribution in [3.63, 3.8) is 0 Å². The van der Waals surface area contributed by atoms with Gasteiger partial charge in [-0.05, 0) is 36.8 Å². The molecule has 0 fully saturated rings. The zero-order chi connectivity index (χ0) is 12.8. The number of esters is 1. The fourth-order valence-corrected chi connectivity index (χ4v) is 1.65. The van der Waals surface area contributed by atoms with Gasteiger partial charge in [-0.15, -0.1) is 0 Å². The lowest BCUT2D eigenvalue weighted by molar-refractivity contribution is -0.137. The third-order valence-corrected chi connectivity index (χ3v) is 2.27. The fraction of sp³-hybridized carbons (Fsp3) is 0.167. The lowest BCUT2D eigenvalue weighted by Gasteiger charge is -2.00. The lowest BCUT2D eigenvalue weighted by atomic mass is 10.1. The van der Waals surface area contributed by atoms with Crippen LogP contribution in [0.1, 0.15) is 12.5 Å². The second kappa shape index (κ2) is 6.16. The number of carbonyl (C=O) groups is 1. The van der Waals surface area contributed by atoms with Crippen LogP contribution in [0.5, 0.6) is 0 Å². The second-order valence-electron chi connectivity index (χ2n) is 3.09. The normalized spacial score (nSPS) is 10.8. The molecule has 0 spiro atoms. The topological polar surface area (TPSA) is 50.1 Å². The Morgan fingerprint density at radius 1 is 1.59 bits per heavy atom. The van der Waals surface area contributed by atoms with Crippen LogP contribution in [-0.4, -0.2) is 12.6 Å². The number of hydrogen-bond acceptors (Lipinski definition) is 3. The van der Waals surface area contributed by atoms with Crippen LogP contribution < -0.4 is 0 Å².